The van der Waals surface area contributed by atoms with Crippen LogP contribution in [-0.2, 0) is 9.53 Å². The number of nitrogens with zero attached hydrogens (tertiary/aromatic N) is 1. The Morgan fingerprint density at radius 1 is 1.28 bits per heavy atom. The molecule has 4 nitrogen and oxygen atoms in total. The van der Waals surface area contributed by atoms with Gasteiger partial charge in [0.05, 0.1) is 11.6 Å². The Balaban J connectivity index is 2.61. The first-order chi connectivity index (χ1) is 8.31. The van der Waals surface area contributed by atoms with Gasteiger partial charge in [-0.3, -0.25) is 0 Å². The number of benzene rings is 1. The number of ether oxygens (including phenoxy) is 2. The molecule has 1 atom stereocenters. The number of carbonyl (C=O) groups excluding carboxylic acids is 1. The Morgan fingerprint density at radius 3 is 2.28 bits per heavy atom. The van der Waals surface area contributed by atoms with Gasteiger partial charge in [-0.1, -0.05) is 0 Å². The lowest BCUT2D eigenvalue weighted by Gasteiger charge is -2.22. The molecule has 0 spiro atoms. The number of hydrogen-bond acceptors (Lipinski definition) is 4. The highest BCUT2D eigenvalue weighted by atomic mass is 16.6. The molecule has 0 amide bonds. The molecular formula is C14H17NO3. The fourth-order valence-corrected chi connectivity index (χ4v) is 1.25. The summed E-state index contributed by atoms with van der Waals surface area (Å²) >= 11 is 0. The minimum absolute atomic E-state index is 0.410. The molecule has 0 aliphatic heterocycles. The van der Waals surface area contributed by atoms with E-state index in [9.17, 15) is 4.79 Å². The number of rotatable bonds is 3. The van der Waals surface area contributed by atoms with Crippen molar-refractivity contribution in [1.82, 2.24) is 0 Å². The summed E-state index contributed by atoms with van der Waals surface area (Å²) in [6.45, 7) is 7.05. The fourth-order valence-electron chi connectivity index (χ4n) is 1.25. The topological polar surface area (TPSA) is 59.3 Å². The molecule has 0 bridgehead atoms. The smallest absolute Gasteiger partial charge is 0.347 e. The van der Waals surface area contributed by atoms with Gasteiger partial charge in [0.15, 0.2) is 6.10 Å². The van der Waals surface area contributed by atoms with Crippen molar-refractivity contribution in [2.75, 3.05) is 0 Å². The minimum atomic E-state index is -0.683. The maximum Gasteiger partial charge on any atom is 0.347 e. The summed E-state index contributed by atoms with van der Waals surface area (Å²) in [5.41, 5.74) is 0.0200. The van der Waals surface area contributed by atoms with Crippen LogP contribution in [0.1, 0.15) is 33.3 Å². The van der Waals surface area contributed by atoms with Gasteiger partial charge < -0.3 is 9.47 Å². The van der Waals surface area contributed by atoms with Gasteiger partial charge in [0.1, 0.15) is 11.4 Å². The monoisotopic (exact) mass is 247 g/mol. The van der Waals surface area contributed by atoms with Crippen molar-refractivity contribution in [3.63, 3.8) is 0 Å². The molecule has 0 aromatic heterocycles. The van der Waals surface area contributed by atoms with Gasteiger partial charge in [0, 0.05) is 0 Å². The molecule has 1 aromatic carbocycles. The summed E-state index contributed by atoms with van der Waals surface area (Å²) in [7, 11) is 0. The standard InChI is InChI=1S/C14H17NO3/c1-10(13(16)18-14(2,3)4)17-12-7-5-11(9-15)6-8-12/h5-8,10H,1-4H3/t10-/m0/s1. The maximum atomic E-state index is 11.7. The van der Waals surface area contributed by atoms with Crippen LogP contribution in [0.25, 0.3) is 0 Å². The maximum absolute atomic E-state index is 11.7. The van der Waals surface area contributed by atoms with Crippen molar-refractivity contribution in [2.45, 2.75) is 39.4 Å². The van der Waals surface area contributed by atoms with Crippen molar-refractivity contribution >= 4 is 5.97 Å². The lowest BCUT2D eigenvalue weighted by atomic mass is 10.2. The van der Waals surface area contributed by atoms with Gasteiger partial charge in [0.2, 0.25) is 0 Å². The van der Waals surface area contributed by atoms with Crippen LogP contribution in [0.15, 0.2) is 24.3 Å². The molecule has 1 rings (SSSR count). The first-order valence-electron chi connectivity index (χ1n) is 5.71. The average molecular weight is 247 g/mol. The normalized spacial score (nSPS) is 12.4. The highest BCUT2D eigenvalue weighted by Crippen LogP contribution is 2.15. The third kappa shape index (κ3) is 4.46. The number of hydrogen-bond donors (Lipinski definition) is 0. The Labute approximate surface area is 107 Å². The van der Waals surface area contributed by atoms with E-state index in [0.717, 1.165) is 0 Å². The van der Waals surface area contributed by atoms with E-state index in [0.29, 0.717) is 11.3 Å². The van der Waals surface area contributed by atoms with E-state index in [1.165, 1.54) is 0 Å². The molecule has 0 heterocycles. The molecule has 0 fully saturated rings. The number of nitriles is 1. The van der Waals surface area contributed by atoms with Crippen LogP contribution in [0.2, 0.25) is 0 Å². The Hall–Kier alpha value is -2.02. The molecule has 96 valence electrons. The molecule has 0 aliphatic rings. The molecule has 0 saturated carbocycles. The largest absolute Gasteiger partial charge is 0.479 e. The van der Waals surface area contributed by atoms with Gasteiger partial charge in [-0.05, 0) is 52.0 Å². The molecular weight excluding hydrogens is 230 g/mol. The number of esters is 1. The number of carbonyl (C=O) groups is 1. The first-order valence-corrected chi connectivity index (χ1v) is 5.71. The van der Waals surface area contributed by atoms with Gasteiger partial charge in [0.25, 0.3) is 0 Å². The fraction of sp³-hybridized carbons (Fsp3) is 0.429. The Morgan fingerprint density at radius 2 is 1.83 bits per heavy atom. The second-order valence-electron chi connectivity index (χ2n) is 4.93. The van der Waals surface area contributed by atoms with Crippen molar-refractivity contribution in [3.8, 4) is 11.8 Å². The average Bonchev–Trinajstić information content (AvgIpc) is 2.27. The van der Waals surface area contributed by atoms with Gasteiger partial charge in [-0.15, -0.1) is 0 Å². The highest BCUT2D eigenvalue weighted by molar-refractivity contribution is 5.75. The summed E-state index contributed by atoms with van der Waals surface area (Å²) in [6.07, 6.45) is -0.683. The SMILES string of the molecule is C[C@H](Oc1ccc(C#N)cc1)C(=O)OC(C)(C)C. The zero-order chi connectivity index (χ0) is 13.8. The lowest BCUT2D eigenvalue weighted by Crippen LogP contribution is -2.33. The van der Waals surface area contributed by atoms with Crippen LogP contribution in [0.4, 0.5) is 0 Å². The van der Waals surface area contributed by atoms with Crippen molar-refractivity contribution in [2.24, 2.45) is 0 Å². The van der Waals surface area contributed by atoms with Gasteiger partial charge in [-0.25, -0.2) is 4.79 Å². The molecule has 1 aromatic rings. The summed E-state index contributed by atoms with van der Waals surface area (Å²) in [4.78, 5) is 11.7. The molecule has 0 aliphatic carbocycles. The van der Waals surface area contributed by atoms with E-state index < -0.39 is 17.7 Å². The van der Waals surface area contributed by atoms with Crippen LogP contribution >= 0.6 is 0 Å². The summed E-state index contributed by atoms with van der Waals surface area (Å²) in [5, 5.41) is 8.66. The van der Waals surface area contributed by atoms with Gasteiger partial charge >= 0.3 is 5.97 Å². The summed E-state index contributed by atoms with van der Waals surface area (Å²) < 4.78 is 10.6. The first kappa shape index (κ1) is 14.0. The van der Waals surface area contributed by atoms with Crippen LogP contribution in [0, 0.1) is 11.3 Å². The van der Waals surface area contributed by atoms with Crippen LogP contribution < -0.4 is 4.74 Å². The molecule has 0 saturated heterocycles. The third-order valence-corrected chi connectivity index (χ3v) is 2.03. The van der Waals surface area contributed by atoms with Crippen molar-refractivity contribution in [1.29, 1.82) is 5.26 Å². The second kappa shape index (κ2) is 5.54. The third-order valence-electron chi connectivity index (χ3n) is 2.03. The molecule has 18 heavy (non-hydrogen) atoms. The molecule has 0 unspecified atom stereocenters. The Bertz CT molecular complexity index is 451. The summed E-state index contributed by atoms with van der Waals surface area (Å²) in [5.74, 6) is 0.124. The molecule has 0 N–H and O–H groups in total. The predicted octanol–water partition coefficient (Wildman–Crippen LogP) is 2.67. The van der Waals surface area contributed by atoms with E-state index in [-0.39, 0.29) is 0 Å². The zero-order valence-electron chi connectivity index (χ0n) is 11.1. The van der Waals surface area contributed by atoms with Crippen LogP contribution in [-0.4, -0.2) is 17.7 Å². The lowest BCUT2D eigenvalue weighted by molar-refractivity contribution is -0.162. The summed E-state index contributed by atoms with van der Waals surface area (Å²) in [6, 6.07) is 8.59. The van der Waals surface area contributed by atoms with E-state index in [2.05, 4.69) is 0 Å². The Kier molecular flexibility index (Phi) is 4.33. The van der Waals surface area contributed by atoms with Crippen molar-refractivity contribution in [3.05, 3.63) is 29.8 Å². The minimum Gasteiger partial charge on any atom is -0.479 e. The van der Waals surface area contributed by atoms with Crippen LogP contribution in [0.3, 0.4) is 0 Å². The van der Waals surface area contributed by atoms with E-state index >= 15 is 0 Å². The van der Waals surface area contributed by atoms with Crippen LogP contribution in [0.5, 0.6) is 5.75 Å². The highest BCUT2D eigenvalue weighted by Gasteiger charge is 2.22. The van der Waals surface area contributed by atoms with E-state index in [1.54, 1.807) is 52.0 Å². The van der Waals surface area contributed by atoms with E-state index in [4.69, 9.17) is 14.7 Å². The molecule has 4 heteroatoms. The second-order valence-corrected chi connectivity index (χ2v) is 4.93. The molecule has 0 radical (unpaired) electrons. The quantitative estimate of drug-likeness (QED) is 0.770. The predicted molar refractivity (Wildman–Crippen MR) is 67.1 cm³/mol. The van der Waals surface area contributed by atoms with Crippen molar-refractivity contribution < 1.29 is 14.3 Å². The van der Waals surface area contributed by atoms with Gasteiger partial charge in [-0.2, -0.15) is 5.26 Å². The van der Waals surface area contributed by atoms with E-state index in [1.807, 2.05) is 6.07 Å². The zero-order valence-corrected chi connectivity index (χ0v) is 11.1.